The lowest BCUT2D eigenvalue weighted by Crippen LogP contribution is -2.34. The normalized spacial score (nSPS) is 10.5. The fourth-order valence-electron chi connectivity index (χ4n) is 2.23. The lowest BCUT2D eigenvalue weighted by atomic mass is 10.2. The fraction of sp³-hybridized carbons (Fsp3) is 0.0588. The number of hydrogen-bond acceptors (Lipinski definition) is 5. The molecule has 1 heterocycles. The number of halogens is 2. The van der Waals surface area contributed by atoms with E-state index in [-0.39, 0.29) is 21.6 Å². The first-order chi connectivity index (χ1) is 12.8. The molecule has 27 heavy (non-hydrogen) atoms. The minimum Gasteiger partial charge on any atom is -0.326 e. The Bertz CT molecular complexity index is 1070. The van der Waals surface area contributed by atoms with Crippen molar-refractivity contribution in [1.29, 1.82) is 0 Å². The predicted molar refractivity (Wildman–Crippen MR) is 114 cm³/mol. The number of hydrogen-bond donors (Lipinski definition) is 3. The third kappa shape index (κ3) is 4.92. The smallest absolute Gasteiger partial charge is 0.258 e. The van der Waals surface area contributed by atoms with E-state index < -0.39 is 5.91 Å². The zero-order valence-corrected chi connectivity index (χ0v) is 16.9. The Labute approximate surface area is 173 Å². The molecule has 3 rings (SSSR count). The van der Waals surface area contributed by atoms with E-state index in [1.807, 2.05) is 6.07 Å². The van der Waals surface area contributed by atoms with Gasteiger partial charge >= 0.3 is 0 Å². The molecule has 138 valence electrons. The quantitative estimate of drug-likeness (QED) is 0.516. The van der Waals surface area contributed by atoms with Crippen LogP contribution in [0, 0.1) is 0 Å². The zero-order chi connectivity index (χ0) is 19.6. The second-order valence-electron chi connectivity index (χ2n) is 5.42. The summed E-state index contributed by atoms with van der Waals surface area (Å²) in [4.78, 5) is 27.8. The summed E-state index contributed by atoms with van der Waals surface area (Å²) in [5.74, 6) is -0.630. The van der Waals surface area contributed by atoms with Gasteiger partial charge in [-0.3, -0.25) is 14.9 Å². The maximum Gasteiger partial charge on any atom is 0.258 e. The van der Waals surface area contributed by atoms with Crippen molar-refractivity contribution in [2.75, 3.05) is 10.6 Å². The number of carbonyl (C=O) groups excluding carboxylic acids is 2. The SMILES string of the molecule is CC(=O)Nc1ccc2nc(NC(=S)NC(=O)c3cc(Cl)ccc3Cl)sc2c1. The van der Waals surface area contributed by atoms with Gasteiger partial charge < -0.3 is 10.6 Å². The van der Waals surface area contributed by atoms with Gasteiger partial charge in [-0.05, 0) is 48.6 Å². The van der Waals surface area contributed by atoms with E-state index >= 15 is 0 Å². The Hall–Kier alpha value is -2.26. The van der Waals surface area contributed by atoms with Gasteiger partial charge in [0.15, 0.2) is 10.2 Å². The number of fused-ring (bicyclic) bond motifs is 1. The zero-order valence-electron chi connectivity index (χ0n) is 13.8. The Morgan fingerprint density at radius 2 is 1.89 bits per heavy atom. The van der Waals surface area contributed by atoms with Crippen LogP contribution in [0.4, 0.5) is 10.8 Å². The highest BCUT2D eigenvalue weighted by Gasteiger charge is 2.14. The van der Waals surface area contributed by atoms with E-state index in [4.69, 9.17) is 35.4 Å². The Balaban J connectivity index is 1.71. The lowest BCUT2D eigenvalue weighted by molar-refractivity contribution is -0.114. The highest BCUT2D eigenvalue weighted by molar-refractivity contribution is 7.80. The summed E-state index contributed by atoms with van der Waals surface area (Å²) in [6.07, 6.45) is 0. The highest BCUT2D eigenvalue weighted by atomic mass is 35.5. The summed E-state index contributed by atoms with van der Waals surface area (Å²) in [5.41, 5.74) is 1.64. The van der Waals surface area contributed by atoms with Crippen molar-refractivity contribution in [2.24, 2.45) is 0 Å². The van der Waals surface area contributed by atoms with Gasteiger partial charge in [0, 0.05) is 17.6 Å². The van der Waals surface area contributed by atoms with Crippen LogP contribution in [0.5, 0.6) is 0 Å². The number of carbonyl (C=O) groups is 2. The number of rotatable bonds is 3. The molecule has 3 aromatic rings. The van der Waals surface area contributed by atoms with Gasteiger partial charge in [0.2, 0.25) is 5.91 Å². The van der Waals surface area contributed by atoms with E-state index in [0.717, 1.165) is 10.2 Å². The van der Waals surface area contributed by atoms with Crippen LogP contribution in [0.3, 0.4) is 0 Å². The standard InChI is InChI=1S/C17H12Cl2N4O2S2/c1-8(24)20-10-3-5-13-14(7-10)27-17(21-13)23-16(26)22-15(25)11-6-9(18)2-4-12(11)19/h2-7H,1H3,(H,20,24)(H2,21,22,23,25,26). The number of thiocarbonyl (C=S) groups is 1. The second kappa shape index (κ2) is 8.18. The van der Waals surface area contributed by atoms with Crippen LogP contribution in [0.25, 0.3) is 10.2 Å². The molecule has 0 bridgehead atoms. The lowest BCUT2D eigenvalue weighted by Gasteiger charge is -2.08. The molecule has 1 aromatic heterocycles. The van der Waals surface area contributed by atoms with E-state index in [2.05, 4.69) is 20.9 Å². The average molecular weight is 439 g/mol. The molecule has 0 atom stereocenters. The van der Waals surface area contributed by atoms with Gasteiger partial charge in [-0.2, -0.15) is 0 Å². The third-order valence-corrected chi connectivity index (χ3v) is 5.03. The van der Waals surface area contributed by atoms with Crippen LogP contribution in [0.15, 0.2) is 36.4 Å². The first kappa shape index (κ1) is 19.5. The molecule has 0 radical (unpaired) electrons. The van der Waals surface area contributed by atoms with Gasteiger partial charge in [0.25, 0.3) is 5.91 Å². The topological polar surface area (TPSA) is 83.1 Å². The molecule has 0 spiro atoms. The molecule has 0 saturated heterocycles. The monoisotopic (exact) mass is 438 g/mol. The molecular formula is C17H12Cl2N4O2S2. The Morgan fingerprint density at radius 1 is 1.11 bits per heavy atom. The molecule has 0 aliphatic heterocycles. The largest absolute Gasteiger partial charge is 0.326 e. The number of thiazole rings is 1. The number of nitrogens with one attached hydrogen (secondary N) is 3. The van der Waals surface area contributed by atoms with Crippen molar-refractivity contribution in [2.45, 2.75) is 6.92 Å². The van der Waals surface area contributed by atoms with Crippen LogP contribution in [0.1, 0.15) is 17.3 Å². The van der Waals surface area contributed by atoms with Crippen LogP contribution >= 0.6 is 46.8 Å². The van der Waals surface area contributed by atoms with Crippen molar-refractivity contribution in [3.63, 3.8) is 0 Å². The fourth-order valence-corrected chi connectivity index (χ4v) is 3.77. The van der Waals surface area contributed by atoms with Crippen molar-refractivity contribution >= 4 is 84.7 Å². The van der Waals surface area contributed by atoms with E-state index in [1.54, 1.807) is 18.2 Å². The molecule has 0 fully saturated rings. The molecule has 6 nitrogen and oxygen atoms in total. The van der Waals surface area contributed by atoms with Gasteiger partial charge in [0.05, 0.1) is 20.8 Å². The van der Waals surface area contributed by atoms with E-state index in [9.17, 15) is 9.59 Å². The van der Waals surface area contributed by atoms with Gasteiger partial charge in [-0.1, -0.05) is 34.5 Å². The van der Waals surface area contributed by atoms with Gasteiger partial charge in [0.1, 0.15) is 0 Å². The van der Waals surface area contributed by atoms with Crippen molar-refractivity contribution in [3.8, 4) is 0 Å². The number of aromatic nitrogens is 1. The molecule has 0 aliphatic carbocycles. The van der Waals surface area contributed by atoms with Crippen molar-refractivity contribution in [3.05, 3.63) is 52.0 Å². The molecule has 0 unspecified atom stereocenters. The summed E-state index contributed by atoms with van der Waals surface area (Å²) in [7, 11) is 0. The summed E-state index contributed by atoms with van der Waals surface area (Å²) >= 11 is 18.4. The molecule has 10 heteroatoms. The minimum absolute atomic E-state index is 0.0807. The molecule has 2 aromatic carbocycles. The number of nitrogens with zero attached hydrogens (tertiary/aromatic N) is 1. The van der Waals surface area contributed by atoms with E-state index in [0.29, 0.717) is 15.8 Å². The van der Waals surface area contributed by atoms with E-state index in [1.165, 1.54) is 30.4 Å². The van der Waals surface area contributed by atoms with Gasteiger partial charge in [-0.25, -0.2) is 4.98 Å². The van der Waals surface area contributed by atoms with Crippen LogP contribution < -0.4 is 16.0 Å². The molecule has 2 amide bonds. The summed E-state index contributed by atoms with van der Waals surface area (Å²) in [6.45, 7) is 1.44. The molecule has 0 saturated carbocycles. The number of amides is 2. The summed E-state index contributed by atoms with van der Waals surface area (Å²) in [5, 5.41) is 9.38. The third-order valence-electron chi connectivity index (χ3n) is 3.33. The second-order valence-corrected chi connectivity index (χ2v) is 7.70. The first-order valence-corrected chi connectivity index (χ1v) is 9.55. The van der Waals surface area contributed by atoms with Crippen molar-refractivity contribution in [1.82, 2.24) is 10.3 Å². The highest BCUT2D eigenvalue weighted by Crippen LogP contribution is 2.28. The Morgan fingerprint density at radius 3 is 2.63 bits per heavy atom. The van der Waals surface area contributed by atoms with Crippen molar-refractivity contribution < 1.29 is 9.59 Å². The summed E-state index contributed by atoms with van der Waals surface area (Å²) < 4.78 is 0.857. The first-order valence-electron chi connectivity index (χ1n) is 7.57. The van der Waals surface area contributed by atoms with Crippen LogP contribution in [0.2, 0.25) is 10.0 Å². The van der Waals surface area contributed by atoms with Crippen LogP contribution in [-0.2, 0) is 4.79 Å². The summed E-state index contributed by atoms with van der Waals surface area (Å²) in [6, 6.07) is 9.95. The molecular weight excluding hydrogens is 427 g/mol. The van der Waals surface area contributed by atoms with Crippen LogP contribution in [-0.4, -0.2) is 21.9 Å². The predicted octanol–water partition coefficient (Wildman–Crippen LogP) is 4.69. The maximum absolute atomic E-state index is 12.3. The Kier molecular flexibility index (Phi) is 5.91. The average Bonchev–Trinajstić information content (AvgIpc) is 2.97. The maximum atomic E-state index is 12.3. The van der Waals surface area contributed by atoms with Gasteiger partial charge in [-0.15, -0.1) is 0 Å². The number of benzene rings is 2. The molecule has 0 aliphatic rings. The number of anilines is 2. The molecule has 3 N–H and O–H groups in total. The minimum atomic E-state index is -0.478.